The summed E-state index contributed by atoms with van der Waals surface area (Å²) in [6.07, 6.45) is 3.40. The summed E-state index contributed by atoms with van der Waals surface area (Å²) >= 11 is 0. The molecule has 0 bridgehead atoms. The molecular formula is C11H22N2O2. The third-order valence-electron chi connectivity index (χ3n) is 3.06. The predicted octanol–water partition coefficient (Wildman–Crippen LogP) is 0.406. The fourth-order valence-electron chi connectivity index (χ4n) is 1.97. The number of hydrogen-bond donors (Lipinski definition) is 3. The van der Waals surface area contributed by atoms with Crippen molar-refractivity contribution in [2.24, 2.45) is 0 Å². The molecule has 1 fully saturated rings. The van der Waals surface area contributed by atoms with E-state index < -0.39 is 0 Å². The van der Waals surface area contributed by atoms with Crippen LogP contribution in [0.25, 0.3) is 0 Å². The maximum Gasteiger partial charge on any atom is 0.222 e. The molecule has 1 aliphatic carbocycles. The minimum absolute atomic E-state index is 0.0391. The van der Waals surface area contributed by atoms with E-state index in [-0.39, 0.29) is 24.1 Å². The van der Waals surface area contributed by atoms with E-state index in [2.05, 4.69) is 10.6 Å². The van der Waals surface area contributed by atoms with Crippen LogP contribution >= 0.6 is 0 Å². The molecule has 15 heavy (non-hydrogen) atoms. The van der Waals surface area contributed by atoms with Crippen LogP contribution in [0.3, 0.4) is 0 Å². The third kappa shape index (κ3) is 3.47. The van der Waals surface area contributed by atoms with Gasteiger partial charge in [0.05, 0.1) is 12.1 Å². The van der Waals surface area contributed by atoms with Crippen molar-refractivity contribution in [3.63, 3.8) is 0 Å². The molecule has 0 spiro atoms. The number of rotatable bonds is 6. The van der Waals surface area contributed by atoms with Crippen molar-refractivity contribution >= 4 is 5.91 Å². The van der Waals surface area contributed by atoms with Crippen molar-refractivity contribution in [1.29, 1.82) is 0 Å². The Kier molecular flexibility index (Phi) is 4.54. The molecule has 4 heteroatoms. The van der Waals surface area contributed by atoms with Crippen molar-refractivity contribution in [2.45, 2.75) is 51.1 Å². The molecule has 0 aromatic carbocycles. The van der Waals surface area contributed by atoms with Crippen molar-refractivity contribution in [1.82, 2.24) is 10.6 Å². The largest absolute Gasteiger partial charge is 0.394 e. The normalized spacial score (nSPS) is 20.5. The zero-order chi connectivity index (χ0) is 11.3. The highest BCUT2D eigenvalue weighted by atomic mass is 16.3. The molecule has 0 radical (unpaired) electrons. The van der Waals surface area contributed by atoms with Crippen LogP contribution in [-0.4, -0.2) is 35.7 Å². The van der Waals surface area contributed by atoms with Gasteiger partial charge < -0.3 is 15.7 Å². The summed E-state index contributed by atoms with van der Waals surface area (Å²) in [4.78, 5) is 11.6. The Morgan fingerprint density at radius 2 is 2.20 bits per heavy atom. The van der Waals surface area contributed by atoms with E-state index in [1.54, 1.807) is 0 Å². The van der Waals surface area contributed by atoms with Gasteiger partial charge in [0.1, 0.15) is 0 Å². The summed E-state index contributed by atoms with van der Waals surface area (Å²) in [5.41, 5.74) is -0.303. The van der Waals surface area contributed by atoms with Gasteiger partial charge >= 0.3 is 0 Å². The summed E-state index contributed by atoms with van der Waals surface area (Å²) in [6, 6.07) is 0.200. The zero-order valence-corrected chi connectivity index (χ0v) is 9.68. The Hall–Kier alpha value is -0.610. The van der Waals surface area contributed by atoms with Gasteiger partial charge in [-0.1, -0.05) is 6.92 Å². The summed E-state index contributed by atoms with van der Waals surface area (Å²) in [6.45, 7) is 4.96. The Labute approximate surface area is 91.4 Å². The molecule has 0 aromatic heterocycles. The lowest BCUT2D eigenvalue weighted by Crippen LogP contribution is -2.56. The molecule has 0 aromatic rings. The van der Waals surface area contributed by atoms with Gasteiger partial charge in [0, 0.05) is 12.5 Å². The Morgan fingerprint density at radius 1 is 1.53 bits per heavy atom. The van der Waals surface area contributed by atoms with Crippen LogP contribution in [-0.2, 0) is 4.79 Å². The maximum atomic E-state index is 11.6. The van der Waals surface area contributed by atoms with E-state index in [0.29, 0.717) is 6.42 Å². The second-order valence-electron chi connectivity index (χ2n) is 4.50. The van der Waals surface area contributed by atoms with Gasteiger partial charge in [0.2, 0.25) is 5.91 Å². The molecular weight excluding hydrogens is 192 g/mol. The first-order valence-corrected chi connectivity index (χ1v) is 5.77. The van der Waals surface area contributed by atoms with Gasteiger partial charge in [-0.05, 0) is 32.7 Å². The first-order valence-electron chi connectivity index (χ1n) is 5.77. The number of carbonyl (C=O) groups excluding carboxylic acids is 1. The molecule has 1 unspecified atom stereocenters. The Bertz CT molecular complexity index is 209. The quantitative estimate of drug-likeness (QED) is 0.600. The van der Waals surface area contributed by atoms with E-state index in [1.807, 2.05) is 13.8 Å². The highest BCUT2D eigenvalue weighted by molar-refractivity contribution is 5.77. The Morgan fingerprint density at radius 3 is 2.60 bits per heavy atom. The topological polar surface area (TPSA) is 61.4 Å². The molecule has 1 aliphatic rings. The minimum atomic E-state index is -0.303. The average Bonchev–Trinajstić information content (AvgIpc) is 2.11. The molecule has 1 saturated carbocycles. The molecule has 0 saturated heterocycles. The van der Waals surface area contributed by atoms with E-state index in [1.165, 1.54) is 0 Å². The number of hydrogen-bond acceptors (Lipinski definition) is 3. The molecule has 88 valence electrons. The number of aliphatic hydroxyl groups is 1. The monoisotopic (exact) mass is 214 g/mol. The van der Waals surface area contributed by atoms with E-state index in [4.69, 9.17) is 0 Å². The van der Waals surface area contributed by atoms with Gasteiger partial charge in [-0.25, -0.2) is 0 Å². The zero-order valence-electron chi connectivity index (χ0n) is 9.68. The van der Waals surface area contributed by atoms with Crippen molar-refractivity contribution in [3.8, 4) is 0 Å². The van der Waals surface area contributed by atoms with Gasteiger partial charge in [-0.3, -0.25) is 4.79 Å². The van der Waals surface area contributed by atoms with Crippen molar-refractivity contribution in [2.75, 3.05) is 13.2 Å². The molecule has 4 nitrogen and oxygen atoms in total. The lowest BCUT2D eigenvalue weighted by molar-refractivity contribution is -0.125. The van der Waals surface area contributed by atoms with Crippen LogP contribution in [0.15, 0.2) is 0 Å². The highest BCUT2D eigenvalue weighted by Gasteiger charge is 2.37. The smallest absolute Gasteiger partial charge is 0.222 e. The standard InChI is InChI=1S/C11H22N2O2/c1-3-12-9(2)7-10(15)13-11(8-14)5-4-6-11/h9,12,14H,3-8H2,1-2H3,(H,13,15). The van der Waals surface area contributed by atoms with Gasteiger partial charge in [-0.2, -0.15) is 0 Å². The van der Waals surface area contributed by atoms with Gasteiger partial charge in [0.25, 0.3) is 0 Å². The number of amides is 1. The predicted molar refractivity (Wildman–Crippen MR) is 59.6 cm³/mol. The van der Waals surface area contributed by atoms with Crippen LogP contribution in [0.1, 0.15) is 39.5 Å². The van der Waals surface area contributed by atoms with Crippen molar-refractivity contribution < 1.29 is 9.90 Å². The van der Waals surface area contributed by atoms with Crippen LogP contribution in [0.4, 0.5) is 0 Å². The Balaban J connectivity index is 2.28. The lowest BCUT2D eigenvalue weighted by atomic mass is 9.77. The molecule has 1 atom stereocenters. The molecule has 0 heterocycles. The second kappa shape index (κ2) is 5.47. The van der Waals surface area contributed by atoms with Crippen LogP contribution in [0, 0.1) is 0 Å². The van der Waals surface area contributed by atoms with Crippen LogP contribution < -0.4 is 10.6 Å². The molecule has 1 rings (SSSR count). The van der Waals surface area contributed by atoms with E-state index in [0.717, 1.165) is 25.8 Å². The average molecular weight is 214 g/mol. The number of aliphatic hydroxyl groups excluding tert-OH is 1. The van der Waals surface area contributed by atoms with E-state index >= 15 is 0 Å². The number of carbonyl (C=O) groups is 1. The summed E-state index contributed by atoms with van der Waals surface area (Å²) in [7, 11) is 0. The van der Waals surface area contributed by atoms with Gasteiger partial charge in [-0.15, -0.1) is 0 Å². The second-order valence-corrected chi connectivity index (χ2v) is 4.50. The summed E-state index contributed by atoms with van der Waals surface area (Å²) < 4.78 is 0. The molecule has 3 N–H and O–H groups in total. The highest BCUT2D eigenvalue weighted by Crippen LogP contribution is 2.31. The summed E-state index contributed by atoms with van der Waals surface area (Å²) in [5.74, 6) is 0.0391. The fourth-order valence-corrected chi connectivity index (χ4v) is 1.97. The molecule has 0 aliphatic heterocycles. The summed E-state index contributed by atoms with van der Waals surface area (Å²) in [5, 5.41) is 15.3. The van der Waals surface area contributed by atoms with Crippen LogP contribution in [0.2, 0.25) is 0 Å². The minimum Gasteiger partial charge on any atom is -0.394 e. The van der Waals surface area contributed by atoms with Gasteiger partial charge in [0.15, 0.2) is 0 Å². The SMILES string of the molecule is CCNC(C)CC(=O)NC1(CO)CCC1. The van der Waals surface area contributed by atoms with Crippen LogP contribution in [0.5, 0.6) is 0 Å². The molecule has 1 amide bonds. The first kappa shape index (κ1) is 12.5. The fraction of sp³-hybridized carbons (Fsp3) is 0.909. The number of nitrogens with one attached hydrogen (secondary N) is 2. The lowest BCUT2D eigenvalue weighted by Gasteiger charge is -2.41. The first-order chi connectivity index (χ1) is 7.12. The van der Waals surface area contributed by atoms with Crippen molar-refractivity contribution in [3.05, 3.63) is 0 Å². The third-order valence-corrected chi connectivity index (χ3v) is 3.06. The van der Waals surface area contributed by atoms with E-state index in [9.17, 15) is 9.90 Å². The maximum absolute atomic E-state index is 11.6.